The van der Waals surface area contributed by atoms with Crippen molar-refractivity contribution in [3.05, 3.63) is 65.1 Å². The Hall–Kier alpha value is -2.85. The van der Waals surface area contributed by atoms with E-state index >= 15 is 0 Å². The van der Waals surface area contributed by atoms with Crippen LogP contribution in [-0.4, -0.2) is 61.2 Å². The fourth-order valence-corrected chi connectivity index (χ4v) is 6.29. The molecule has 1 aromatic rings. The summed E-state index contributed by atoms with van der Waals surface area (Å²) < 4.78 is 53.9. The summed E-state index contributed by atoms with van der Waals surface area (Å²) in [6, 6.07) is 6.13. The van der Waals surface area contributed by atoms with Crippen LogP contribution in [0.4, 0.5) is 14.5 Å². The molecule has 0 saturated carbocycles. The van der Waals surface area contributed by atoms with Gasteiger partial charge in [-0.3, -0.25) is 14.5 Å². The van der Waals surface area contributed by atoms with Crippen molar-refractivity contribution < 1.29 is 27.1 Å². The number of alkyl halides is 2. The van der Waals surface area contributed by atoms with Gasteiger partial charge in [0.15, 0.2) is 0 Å². The Morgan fingerprint density at radius 3 is 2.51 bits per heavy atom. The molecule has 2 unspecified atom stereocenters. The lowest BCUT2D eigenvalue weighted by atomic mass is 9.81. The van der Waals surface area contributed by atoms with E-state index in [1.54, 1.807) is 48.4 Å². The summed E-state index contributed by atoms with van der Waals surface area (Å²) >= 11 is 0. The molecule has 2 aliphatic heterocycles. The third-order valence-electron chi connectivity index (χ3n) is 6.94. The molecule has 1 aromatic carbocycles. The molecule has 10 heteroatoms. The summed E-state index contributed by atoms with van der Waals surface area (Å²) in [5.41, 5.74) is -1.42. The second-order valence-electron chi connectivity index (χ2n) is 9.38. The van der Waals surface area contributed by atoms with Gasteiger partial charge in [0, 0.05) is 42.9 Å². The molecule has 2 heterocycles. The number of hydrogen-bond acceptors (Lipinski definition) is 5. The van der Waals surface area contributed by atoms with E-state index in [1.807, 2.05) is 12.2 Å². The van der Waals surface area contributed by atoms with E-state index in [0.717, 1.165) is 0 Å². The third-order valence-corrected chi connectivity index (χ3v) is 8.58. The predicted octanol–water partition coefficient (Wildman–Crippen LogP) is 3.91. The molecule has 2 N–H and O–H groups in total. The number of benzene rings is 1. The molecule has 3 aliphatic rings. The maximum atomic E-state index is 13.2. The maximum Gasteiger partial charge on any atom is 0.260 e. The van der Waals surface area contributed by atoms with Crippen LogP contribution in [0.1, 0.15) is 43.0 Å². The number of carbonyl (C=O) groups excluding carboxylic acids is 1. The second-order valence-corrected chi connectivity index (χ2v) is 11.0. The normalized spacial score (nSPS) is 25.3. The minimum atomic E-state index is -3.91. The molecule has 1 amide bonds. The molecular formula is C25H29F2N3O4S. The number of dihydropyridines is 1. The zero-order valence-electron chi connectivity index (χ0n) is 19.4. The number of nitrogens with zero attached hydrogens (tertiary/aromatic N) is 2. The summed E-state index contributed by atoms with van der Waals surface area (Å²) in [5.74, 6) is -0.421. The largest absolute Gasteiger partial charge is 0.390 e. The molecule has 0 bridgehead atoms. The van der Waals surface area contributed by atoms with Crippen LogP contribution in [0.3, 0.4) is 0 Å². The van der Waals surface area contributed by atoms with E-state index in [1.165, 1.54) is 12.1 Å². The SMILES string of the molecule is CC12N=CC=CC1C=CC=C2S(=O)(=O)Nc1ccc(C(=O)N2CCC(O)(CCC(F)F)CC2)cc1. The Morgan fingerprint density at radius 1 is 1.20 bits per heavy atom. The van der Waals surface area contributed by atoms with Gasteiger partial charge < -0.3 is 10.0 Å². The molecule has 7 nitrogen and oxygen atoms in total. The number of hydrogen-bond donors (Lipinski definition) is 2. The summed E-state index contributed by atoms with van der Waals surface area (Å²) in [5, 5.41) is 10.5. The molecule has 188 valence electrons. The highest BCUT2D eigenvalue weighted by Crippen LogP contribution is 2.40. The van der Waals surface area contributed by atoms with Crippen molar-refractivity contribution in [1.82, 2.24) is 4.90 Å². The summed E-state index contributed by atoms with van der Waals surface area (Å²) in [4.78, 5) is 19.0. The van der Waals surface area contributed by atoms with Crippen LogP contribution >= 0.6 is 0 Å². The summed E-state index contributed by atoms with van der Waals surface area (Å²) in [6.45, 7) is 2.31. The number of allylic oxidation sites excluding steroid dienone is 3. The highest BCUT2D eigenvalue weighted by molar-refractivity contribution is 7.96. The standard InChI is InChI=1S/C25H29F2N3O4S/c1-24-19(5-3-15-28-24)4-2-6-21(24)35(33,34)29-20-9-7-18(8-10-20)23(31)30-16-13-25(32,14-17-30)12-11-22(26)27/h2-10,15,19,22,29,32H,11-14,16-17H2,1H3. The van der Waals surface area contributed by atoms with E-state index in [4.69, 9.17) is 0 Å². The lowest BCUT2D eigenvalue weighted by Crippen LogP contribution is -2.46. The topological polar surface area (TPSA) is 99.1 Å². The number of aliphatic hydroxyl groups is 1. The first kappa shape index (κ1) is 25.2. The number of sulfonamides is 1. The number of halogens is 2. The molecule has 0 radical (unpaired) electrons. The van der Waals surface area contributed by atoms with Gasteiger partial charge in [-0.1, -0.05) is 18.2 Å². The quantitative estimate of drug-likeness (QED) is 0.587. The van der Waals surface area contributed by atoms with Gasteiger partial charge >= 0.3 is 0 Å². The number of piperidine rings is 1. The Kier molecular flexibility index (Phi) is 6.97. The van der Waals surface area contributed by atoms with Gasteiger partial charge in [-0.05, 0) is 62.6 Å². The number of amides is 1. The molecule has 1 aliphatic carbocycles. The van der Waals surface area contributed by atoms with E-state index < -0.39 is 27.6 Å². The monoisotopic (exact) mass is 505 g/mol. The molecule has 2 atom stereocenters. The fraction of sp³-hybridized carbons (Fsp3) is 0.440. The van der Waals surface area contributed by atoms with Crippen LogP contribution < -0.4 is 4.72 Å². The van der Waals surface area contributed by atoms with Gasteiger partial charge in [0.25, 0.3) is 15.9 Å². The molecule has 1 saturated heterocycles. The number of rotatable bonds is 7. The number of anilines is 1. The Labute approximate surface area is 204 Å². The van der Waals surface area contributed by atoms with Crippen LogP contribution in [0.2, 0.25) is 0 Å². The smallest absolute Gasteiger partial charge is 0.260 e. The van der Waals surface area contributed by atoms with Gasteiger partial charge in [-0.15, -0.1) is 0 Å². The second kappa shape index (κ2) is 9.66. The highest BCUT2D eigenvalue weighted by atomic mass is 32.2. The van der Waals surface area contributed by atoms with Crippen LogP contribution in [0.5, 0.6) is 0 Å². The van der Waals surface area contributed by atoms with Gasteiger partial charge in [-0.2, -0.15) is 0 Å². The van der Waals surface area contributed by atoms with Gasteiger partial charge in [0.1, 0.15) is 5.54 Å². The highest BCUT2D eigenvalue weighted by Gasteiger charge is 2.43. The van der Waals surface area contributed by atoms with Crippen LogP contribution in [0.25, 0.3) is 0 Å². The molecule has 0 spiro atoms. The van der Waals surface area contributed by atoms with Crippen LogP contribution in [0, 0.1) is 5.92 Å². The van der Waals surface area contributed by atoms with Crippen molar-refractivity contribution in [1.29, 1.82) is 0 Å². The Morgan fingerprint density at radius 2 is 1.86 bits per heavy atom. The number of carbonyl (C=O) groups is 1. The van der Waals surface area contributed by atoms with Crippen LogP contribution in [0.15, 0.2) is 64.5 Å². The lowest BCUT2D eigenvalue weighted by molar-refractivity contribution is -0.0346. The number of aliphatic imine (C=N–C) groups is 1. The molecule has 1 fully saturated rings. The predicted molar refractivity (Wildman–Crippen MR) is 131 cm³/mol. The van der Waals surface area contributed by atoms with Crippen molar-refractivity contribution in [2.45, 2.75) is 50.2 Å². The molecule has 0 aromatic heterocycles. The third kappa shape index (κ3) is 5.38. The first-order valence-electron chi connectivity index (χ1n) is 11.6. The molecular weight excluding hydrogens is 476 g/mol. The van der Waals surface area contributed by atoms with E-state index in [-0.39, 0.29) is 55.5 Å². The van der Waals surface area contributed by atoms with Gasteiger partial charge in [0.2, 0.25) is 6.43 Å². The first-order valence-corrected chi connectivity index (χ1v) is 13.0. The minimum Gasteiger partial charge on any atom is -0.390 e. The van der Waals surface area contributed by atoms with Gasteiger partial charge in [0.05, 0.1) is 10.5 Å². The van der Waals surface area contributed by atoms with Crippen molar-refractivity contribution in [3.8, 4) is 0 Å². The molecule has 4 rings (SSSR count). The van der Waals surface area contributed by atoms with E-state index in [9.17, 15) is 27.1 Å². The number of nitrogens with one attached hydrogen (secondary N) is 1. The Bertz CT molecular complexity index is 1180. The number of fused-ring (bicyclic) bond motifs is 1. The average molecular weight is 506 g/mol. The first-order chi connectivity index (χ1) is 16.5. The maximum absolute atomic E-state index is 13.2. The fourth-order valence-electron chi connectivity index (χ4n) is 4.74. The summed E-state index contributed by atoms with van der Waals surface area (Å²) in [7, 11) is -3.91. The molecule has 35 heavy (non-hydrogen) atoms. The zero-order valence-corrected chi connectivity index (χ0v) is 20.2. The Balaban J connectivity index is 1.40. The van der Waals surface area contributed by atoms with Crippen molar-refractivity contribution >= 4 is 27.8 Å². The zero-order chi connectivity index (χ0) is 25.3. The average Bonchev–Trinajstić information content (AvgIpc) is 2.82. The van der Waals surface area contributed by atoms with Crippen molar-refractivity contribution in [2.75, 3.05) is 17.8 Å². The van der Waals surface area contributed by atoms with Crippen LogP contribution in [-0.2, 0) is 10.0 Å². The van der Waals surface area contributed by atoms with E-state index in [0.29, 0.717) is 11.3 Å². The minimum absolute atomic E-state index is 0.00908. The summed E-state index contributed by atoms with van der Waals surface area (Å²) in [6.07, 6.45) is 8.13. The number of likely N-dealkylation sites (tertiary alicyclic amines) is 1. The van der Waals surface area contributed by atoms with Gasteiger partial charge in [-0.25, -0.2) is 17.2 Å². The lowest BCUT2D eigenvalue weighted by Gasteiger charge is -2.38. The van der Waals surface area contributed by atoms with E-state index in [2.05, 4.69) is 9.71 Å². The van der Waals surface area contributed by atoms with Crippen molar-refractivity contribution in [3.63, 3.8) is 0 Å². The van der Waals surface area contributed by atoms with Crippen molar-refractivity contribution in [2.24, 2.45) is 10.9 Å².